The highest BCUT2D eigenvalue weighted by Gasteiger charge is 2.50. The molecule has 1 heterocycles. The molecule has 1 saturated heterocycles. The van der Waals surface area contributed by atoms with Crippen LogP contribution in [0.25, 0.3) is 0 Å². The van der Waals surface area contributed by atoms with Gasteiger partial charge in [-0.2, -0.15) is 4.90 Å². The number of hydrogen-bond donors (Lipinski definition) is 0. The van der Waals surface area contributed by atoms with E-state index in [9.17, 15) is 14.4 Å². The Morgan fingerprint density at radius 2 is 1.88 bits per heavy atom. The van der Waals surface area contributed by atoms with Crippen molar-refractivity contribution in [1.29, 1.82) is 0 Å². The van der Waals surface area contributed by atoms with Crippen LogP contribution in [0.2, 0.25) is 0 Å². The maximum Gasteiger partial charge on any atom is 0.423 e. The van der Waals surface area contributed by atoms with Crippen molar-refractivity contribution >= 4 is 17.9 Å². The molecule has 3 amide bonds. The van der Waals surface area contributed by atoms with Crippen molar-refractivity contribution in [2.75, 3.05) is 6.61 Å². The summed E-state index contributed by atoms with van der Waals surface area (Å²) in [4.78, 5) is 36.0. The fraction of sp³-hybridized carbons (Fsp3) is 0.417. The third-order valence-corrected chi connectivity index (χ3v) is 3.01. The molecule has 0 N–H and O–H groups in total. The van der Waals surface area contributed by atoms with Crippen LogP contribution in [-0.2, 0) is 14.3 Å². The molecule has 0 aromatic heterocycles. The summed E-state index contributed by atoms with van der Waals surface area (Å²) in [7, 11) is 0. The number of carbonyl (C=O) groups excluding carboxylic acids is 3. The largest absolute Gasteiger partial charge is 0.445 e. The molecule has 0 unspecified atom stereocenters. The standard InChI is InChI=1S/C12H13NO4/c1-2-7-17-12(16)13-10(14)8-5-3-4-6-9(8)11(13)15/h2-4,8-9H,1,5-7H2/t8-,9+. The highest BCUT2D eigenvalue weighted by atomic mass is 16.6. The zero-order valence-corrected chi connectivity index (χ0v) is 9.30. The predicted octanol–water partition coefficient (Wildman–Crippen LogP) is 1.26. The van der Waals surface area contributed by atoms with Gasteiger partial charge >= 0.3 is 6.09 Å². The zero-order valence-electron chi connectivity index (χ0n) is 9.30. The van der Waals surface area contributed by atoms with Crippen LogP contribution in [0.5, 0.6) is 0 Å². The van der Waals surface area contributed by atoms with Crippen LogP contribution in [0, 0.1) is 11.8 Å². The molecule has 5 heteroatoms. The number of ether oxygens (including phenoxy) is 1. The van der Waals surface area contributed by atoms with Gasteiger partial charge in [-0.15, -0.1) is 0 Å². The van der Waals surface area contributed by atoms with Crippen molar-refractivity contribution in [2.24, 2.45) is 11.8 Å². The van der Waals surface area contributed by atoms with Gasteiger partial charge in [-0.1, -0.05) is 24.8 Å². The van der Waals surface area contributed by atoms with Crippen LogP contribution in [0.4, 0.5) is 4.79 Å². The lowest BCUT2D eigenvalue weighted by Gasteiger charge is -2.14. The smallest absolute Gasteiger partial charge is 0.423 e. The zero-order chi connectivity index (χ0) is 12.4. The number of imide groups is 3. The topological polar surface area (TPSA) is 63.7 Å². The Hall–Kier alpha value is -1.91. The van der Waals surface area contributed by atoms with Crippen molar-refractivity contribution in [2.45, 2.75) is 12.8 Å². The van der Waals surface area contributed by atoms with Gasteiger partial charge in [0, 0.05) is 0 Å². The first-order valence-corrected chi connectivity index (χ1v) is 5.47. The molecular formula is C12H13NO4. The monoisotopic (exact) mass is 235 g/mol. The summed E-state index contributed by atoms with van der Waals surface area (Å²) < 4.78 is 4.73. The van der Waals surface area contributed by atoms with Crippen LogP contribution in [0.15, 0.2) is 24.8 Å². The Morgan fingerprint density at radius 3 is 2.35 bits per heavy atom. The number of carbonyl (C=O) groups is 3. The molecule has 2 aliphatic rings. The second-order valence-corrected chi connectivity index (χ2v) is 4.03. The minimum Gasteiger partial charge on any atom is -0.445 e. The van der Waals surface area contributed by atoms with Gasteiger partial charge in [0.1, 0.15) is 6.61 Å². The fourth-order valence-corrected chi connectivity index (χ4v) is 2.18. The quantitative estimate of drug-likeness (QED) is 0.534. The number of nitrogens with zero attached hydrogens (tertiary/aromatic N) is 1. The van der Waals surface area contributed by atoms with Crippen LogP contribution in [0.3, 0.4) is 0 Å². The van der Waals surface area contributed by atoms with Gasteiger partial charge in [0.05, 0.1) is 11.8 Å². The molecule has 1 aliphatic carbocycles. The first kappa shape index (κ1) is 11.6. The van der Waals surface area contributed by atoms with Crippen LogP contribution >= 0.6 is 0 Å². The molecule has 2 rings (SSSR count). The first-order chi connectivity index (χ1) is 8.16. The summed E-state index contributed by atoms with van der Waals surface area (Å²) in [6.45, 7) is 3.38. The number of allylic oxidation sites excluding steroid dienone is 2. The van der Waals surface area contributed by atoms with Gasteiger partial charge in [-0.25, -0.2) is 4.79 Å². The van der Waals surface area contributed by atoms with E-state index in [1.54, 1.807) is 0 Å². The average Bonchev–Trinajstić information content (AvgIpc) is 2.60. The van der Waals surface area contributed by atoms with E-state index in [-0.39, 0.29) is 6.61 Å². The van der Waals surface area contributed by atoms with Crippen molar-refractivity contribution in [1.82, 2.24) is 4.90 Å². The van der Waals surface area contributed by atoms with Crippen molar-refractivity contribution in [3.8, 4) is 0 Å². The molecule has 0 radical (unpaired) electrons. The first-order valence-electron chi connectivity index (χ1n) is 5.47. The maximum atomic E-state index is 11.9. The highest BCUT2D eigenvalue weighted by Crippen LogP contribution is 2.35. The van der Waals surface area contributed by atoms with E-state index in [1.165, 1.54) is 6.08 Å². The lowest BCUT2D eigenvalue weighted by molar-refractivity contribution is -0.137. The SMILES string of the molecule is C=CCOC(=O)N1C(=O)[C@H]2CC=CC[C@H]2C1=O. The molecule has 90 valence electrons. The van der Waals surface area contributed by atoms with E-state index in [4.69, 9.17) is 4.74 Å². The van der Waals surface area contributed by atoms with Crippen molar-refractivity contribution in [3.05, 3.63) is 24.8 Å². The number of hydrogen-bond acceptors (Lipinski definition) is 4. The van der Waals surface area contributed by atoms with Gasteiger partial charge in [-0.05, 0) is 12.8 Å². The molecule has 0 spiro atoms. The van der Waals surface area contributed by atoms with Crippen LogP contribution in [0.1, 0.15) is 12.8 Å². The Kier molecular flexibility index (Phi) is 3.08. The summed E-state index contributed by atoms with van der Waals surface area (Å²) in [6.07, 6.45) is 5.25. The minimum atomic E-state index is -0.894. The minimum absolute atomic E-state index is 0.0104. The van der Waals surface area contributed by atoms with E-state index < -0.39 is 29.7 Å². The summed E-state index contributed by atoms with van der Waals surface area (Å²) >= 11 is 0. The highest BCUT2D eigenvalue weighted by molar-refractivity contribution is 6.15. The number of rotatable bonds is 2. The van der Waals surface area contributed by atoms with Gasteiger partial charge in [0.25, 0.3) is 0 Å². The van der Waals surface area contributed by atoms with E-state index in [0.717, 1.165) is 0 Å². The van der Waals surface area contributed by atoms with Gasteiger partial charge < -0.3 is 4.74 Å². The molecule has 5 nitrogen and oxygen atoms in total. The average molecular weight is 235 g/mol. The number of fused-ring (bicyclic) bond motifs is 1. The molecule has 2 atom stereocenters. The number of amides is 3. The van der Waals surface area contributed by atoms with Crippen LogP contribution in [-0.4, -0.2) is 29.4 Å². The molecule has 17 heavy (non-hydrogen) atoms. The maximum absolute atomic E-state index is 11.9. The van der Waals surface area contributed by atoms with Crippen molar-refractivity contribution in [3.63, 3.8) is 0 Å². The molecule has 0 aromatic rings. The fourth-order valence-electron chi connectivity index (χ4n) is 2.18. The van der Waals surface area contributed by atoms with Gasteiger partial charge in [-0.3, -0.25) is 9.59 Å². The molecule has 1 fully saturated rings. The molecule has 1 aliphatic heterocycles. The van der Waals surface area contributed by atoms with Gasteiger partial charge in [0.2, 0.25) is 11.8 Å². The van der Waals surface area contributed by atoms with E-state index in [1.807, 2.05) is 12.2 Å². The summed E-state index contributed by atoms with van der Waals surface area (Å²) in [5.41, 5.74) is 0. The lowest BCUT2D eigenvalue weighted by atomic mass is 9.85. The number of likely N-dealkylation sites (tertiary alicyclic amines) is 1. The molecule has 0 saturated carbocycles. The van der Waals surface area contributed by atoms with E-state index >= 15 is 0 Å². The Balaban J connectivity index is 2.15. The van der Waals surface area contributed by atoms with E-state index in [0.29, 0.717) is 17.7 Å². The molecular weight excluding hydrogens is 222 g/mol. The molecule has 0 aromatic carbocycles. The second-order valence-electron chi connectivity index (χ2n) is 4.03. The Labute approximate surface area is 98.7 Å². The normalized spacial score (nSPS) is 26.9. The lowest BCUT2D eigenvalue weighted by Crippen LogP contribution is -2.37. The van der Waals surface area contributed by atoms with Crippen LogP contribution < -0.4 is 0 Å². The summed E-state index contributed by atoms with van der Waals surface area (Å²) in [6, 6.07) is 0. The summed E-state index contributed by atoms with van der Waals surface area (Å²) in [5, 5.41) is 0. The summed E-state index contributed by atoms with van der Waals surface area (Å²) in [5.74, 6) is -1.69. The van der Waals surface area contributed by atoms with E-state index in [2.05, 4.69) is 6.58 Å². The van der Waals surface area contributed by atoms with Crippen molar-refractivity contribution < 1.29 is 19.1 Å². The third-order valence-electron chi connectivity index (χ3n) is 3.01. The predicted molar refractivity (Wildman–Crippen MR) is 58.8 cm³/mol. The van der Waals surface area contributed by atoms with Gasteiger partial charge in [0.15, 0.2) is 0 Å². The molecule has 0 bridgehead atoms. The Morgan fingerprint density at radius 1 is 1.35 bits per heavy atom. The second kappa shape index (κ2) is 4.53. The third kappa shape index (κ3) is 1.88. The Bertz CT molecular complexity index is 387.